The zero-order valence-corrected chi connectivity index (χ0v) is 39.2. The lowest BCUT2D eigenvalue weighted by Crippen LogP contribution is -2.30. The van der Waals surface area contributed by atoms with Crippen LogP contribution < -0.4 is 0 Å². The Morgan fingerprint density at radius 3 is 1.10 bits per heavy atom. The topological polar surface area (TPSA) is 78.9 Å². The summed E-state index contributed by atoms with van der Waals surface area (Å²) < 4.78 is 16.7. The molecule has 0 aliphatic carbocycles. The first-order valence-corrected chi connectivity index (χ1v) is 24.9. The summed E-state index contributed by atoms with van der Waals surface area (Å²) in [4.78, 5) is 37.9. The maximum absolute atomic E-state index is 12.8. The molecular weight excluding hydrogens is 745 g/mol. The third-order valence-electron chi connectivity index (χ3n) is 10.4. The highest BCUT2D eigenvalue weighted by atomic mass is 16.6. The number of hydrogen-bond acceptors (Lipinski definition) is 6. The number of allylic oxidation sites excluding steroid dienone is 12. The average Bonchev–Trinajstić information content (AvgIpc) is 3.24. The van der Waals surface area contributed by atoms with E-state index in [4.69, 9.17) is 14.2 Å². The van der Waals surface area contributed by atoms with Crippen LogP contribution in [0.5, 0.6) is 0 Å². The van der Waals surface area contributed by atoms with Gasteiger partial charge in [0, 0.05) is 19.3 Å². The van der Waals surface area contributed by atoms with E-state index in [2.05, 4.69) is 93.7 Å². The van der Waals surface area contributed by atoms with Crippen molar-refractivity contribution in [2.75, 3.05) is 13.2 Å². The van der Waals surface area contributed by atoms with Crippen molar-refractivity contribution in [1.29, 1.82) is 0 Å². The van der Waals surface area contributed by atoms with Gasteiger partial charge in [-0.3, -0.25) is 14.4 Å². The Bertz CT molecular complexity index is 1140. The van der Waals surface area contributed by atoms with Crippen molar-refractivity contribution in [3.05, 3.63) is 72.9 Å². The van der Waals surface area contributed by atoms with Gasteiger partial charge < -0.3 is 14.2 Å². The van der Waals surface area contributed by atoms with Gasteiger partial charge in [-0.05, 0) is 103 Å². The molecule has 60 heavy (non-hydrogen) atoms. The smallest absolute Gasteiger partial charge is 0.306 e. The van der Waals surface area contributed by atoms with Crippen molar-refractivity contribution in [2.24, 2.45) is 0 Å². The molecule has 0 radical (unpaired) electrons. The van der Waals surface area contributed by atoms with Crippen molar-refractivity contribution in [1.82, 2.24) is 0 Å². The second-order valence-corrected chi connectivity index (χ2v) is 16.3. The van der Waals surface area contributed by atoms with Gasteiger partial charge in [0.15, 0.2) is 6.10 Å². The summed E-state index contributed by atoms with van der Waals surface area (Å²) in [6, 6.07) is 0. The van der Waals surface area contributed by atoms with Crippen LogP contribution in [0.3, 0.4) is 0 Å². The van der Waals surface area contributed by atoms with Crippen LogP contribution in [0.4, 0.5) is 0 Å². The summed E-state index contributed by atoms with van der Waals surface area (Å²) in [5, 5.41) is 0. The van der Waals surface area contributed by atoms with Gasteiger partial charge in [0.05, 0.1) is 0 Å². The van der Waals surface area contributed by atoms with Crippen LogP contribution in [0.2, 0.25) is 0 Å². The van der Waals surface area contributed by atoms with E-state index in [-0.39, 0.29) is 31.1 Å². The van der Waals surface area contributed by atoms with Gasteiger partial charge in [0.2, 0.25) is 0 Å². The van der Waals surface area contributed by atoms with Gasteiger partial charge in [0.25, 0.3) is 0 Å². The molecule has 0 N–H and O–H groups in total. The Hall–Kier alpha value is -3.15. The van der Waals surface area contributed by atoms with E-state index in [1.807, 2.05) is 0 Å². The molecule has 0 saturated heterocycles. The Morgan fingerprint density at radius 2 is 0.683 bits per heavy atom. The molecule has 0 spiro atoms. The third-order valence-corrected chi connectivity index (χ3v) is 10.4. The Labute approximate surface area is 370 Å². The second kappa shape index (κ2) is 48.5. The minimum atomic E-state index is -0.789. The molecule has 0 aromatic carbocycles. The highest BCUT2D eigenvalue weighted by molar-refractivity contribution is 5.71. The fourth-order valence-corrected chi connectivity index (χ4v) is 6.66. The van der Waals surface area contributed by atoms with E-state index in [9.17, 15) is 14.4 Å². The van der Waals surface area contributed by atoms with Crippen LogP contribution in [0, 0.1) is 0 Å². The van der Waals surface area contributed by atoms with Crippen molar-refractivity contribution >= 4 is 17.9 Å². The van der Waals surface area contributed by atoms with E-state index in [1.54, 1.807) is 0 Å². The number of hydrogen-bond donors (Lipinski definition) is 0. The lowest BCUT2D eigenvalue weighted by Gasteiger charge is -2.18. The zero-order valence-electron chi connectivity index (χ0n) is 39.2. The number of rotatable bonds is 44. The van der Waals surface area contributed by atoms with E-state index in [0.29, 0.717) is 19.3 Å². The summed E-state index contributed by atoms with van der Waals surface area (Å²) in [5.74, 6) is -0.923. The van der Waals surface area contributed by atoms with E-state index in [0.717, 1.165) is 122 Å². The molecular formula is C54H92O6. The minimum Gasteiger partial charge on any atom is -0.462 e. The minimum absolute atomic E-state index is 0.0891. The zero-order chi connectivity index (χ0) is 43.7. The van der Waals surface area contributed by atoms with Gasteiger partial charge in [-0.15, -0.1) is 0 Å². The molecule has 1 atom stereocenters. The van der Waals surface area contributed by atoms with Gasteiger partial charge >= 0.3 is 17.9 Å². The molecule has 344 valence electrons. The van der Waals surface area contributed by atoms with E-state index >= 15 is 0 Å². The van der Waals surface area contributed by atoms with Crippen molar-refractivity contribution in [3.63, 3.8) is 0 Å². The molecule has 0 aliphatic rings. The van der Waals surface area contributed by atoms with Crippen LogP contribution in [-0.2, 0) is 28.6 Å². The molecule has 0 heterocycles. The first kappa shape index (κ1) is 56.9. The number of unbranched alkanes of at least 4 members (excludes halogenated alkanes) is 21. The Kier molecular flexibility index (Phi) is 46.0. The number of esters is 3. The average molecular weight is 837 g/mol. The fourth-order valence-electron chi connectivity index (χ4n) is 6.66. The Morgan fingerprint density at radius 1 is 0.350 bits per heavy atom. The molecule has 1 unspecified atom stereocenters. The van der Waals surface area contributed by atoms with Gasteiger partial charge in [-0.25, -0.2) is 0 Å². The number of ether oxygens (including phenoxy) is 3. The maximum atomic E-state index is 12.8. The van der Waals surface area contributed by atoms with Crippen LogP contribution in [0.25, 0.3) is 0 Å². The predicted octanol–water partition coefficient (Wildman–Crippen LogP) is 16.3. The van der Waals surface area contributed by atoms with Crippen molar-refractivity contribution < 1.29 is 28.6 Å². The number of carbonyl (C=O) groups is 3. The SMILES string of the molecule is CC/C=C\C/C=C\C/C=C\CCCCCCCCCC(=O)OCC(COC(=O)CCCCCCC/C=C\CCCCC)OC(=O)CCCCCCC/C=C\C/C=C\CCC. The first-order chi connectivity index (χ1) is 29.5. The lowest BCUT2D eigenvalue weighted by atomic mass is 10.1. The molecule has 0 fully saturated rings. The standard InChI is InChI=1S/C54H92O6/c1-4-7-10-13-16-19-22-25-26-27-28-30-32-35-38-41-44-47-53(56)59-50-51(49-58-52(55)46-43-40-37-34-31-24-21-18-15-12-9-6-3)60-54(57)48-45-42-39-36-33-29-23-20-17-14-11-8-5-2/h7,10-11,14,16,18-21,23,25-26,51H,4-6,8-9,12-13,15,17,22,24,27-50H2,1-3H3/b10-7-,14-11-,19-16-,21-18-,23-20-,26-25-. The summed E-state index contributed by atoms with van der Waals surface area (Å²) in [6.07, 6.45) is 60.2. The van der Waals surface area contributed by atoms with Crippen LogP contribution in [0.1, 0.15) is 233 Å². The molecule has 0 aromatic heterocycles. The van der Waals surface area contributed by atoms with E-state index in [1.165, 1.54) is 70.6 Å². The number of carbonyl (C=O) groups excluding carboxylic acids is 3. The normalized spacial score (nSPS) is 12.7. The third kappa shape index (κ3) is 45.9. The molecule has 0 saturated carbocycles. The monoisotopic (exact) mass is 837 g/mol. The summed E-state index contributed by atoms with van der Waals surface area (Å²) in [5.41, 5.74) is 0. The molecule has 6 nitrogen and oxygen atoms in total. The Balaban J connectivity index is 4.41. The summed E-state index contributed by atoms with van der Waals surface area (Å²) in [7, 11) is 0. The molecule has 6 heteroatoms. The van der Waals surface area contributed by atoms with Crippen LogP contribution >= 0.6 is 0 Å². The summed E-state index contributed by atoms with van der Waals surface area (Å²) in [6.45, 7) is 6.40. The van der Waals surface area contributed by atoms with Gasteiger partial charge in [-0.2, -0.15) is 0 Å². The second-order valence-electron chi connectivity index (χ2n) is 16.3. The largest absolute Gasteiger partial charge is 0.462 e. The quantitative estimate of drug-likeness (QED) is 0.0263. The highest BCUT2D eigenvalue weighted by Crippen LogP contribution is 2.14. The molecule has 0 aliphatic heterocycles. The molecule has 0 bridgehead atoms. The van der Waals surface area contributed by atoms with Crippen molar-refractivity contribution in [3.8, 4) is 0 Å². The molecule has 0 aromatic rings. The fraction of sp³-hybridized carbons (Fsp3) is 0.722. The molecule has 0 rings (SSSR count). The van der Waals surface area contributed by atoms with Crippen LogP contribution in [-0.4, -0.2) is 37.2 Å². The highest BCUT2D eigenvalue weighted by Gasteiger charge is 2.19. The van der Waals surface area contributed by atoms with Gasteiger partial charge in [0.1, 0.15) is 13.2 Å². The van der Waals surface area contributed by atoms with Crippen molar-refractivity contribution in [2.45, 2.75) is 239 Å². The lowest BCUT2D eigenvalue weighted by molar-refractivity contribution is -0.167. The summed E-state index contributed by atoms with van der Waals surface area (Å²) >= 11 is 0. The van der Waals surface area contributed by atoms with E-state index < -0.39 is 6.10 Å². The maximum Gasteiger partial charge on any atom is 0.306 e. The predicted molar refractivity (Wildman–Crippen MR) is 256 cm³/mol. The first-order valence-electron chi connectivity index (χ1n) is 24.9. The van der Waals surface area contributed by atoms with Crippen LogP contribution in [0.15, 0.2) is 72.9 Å². The molecule has 0 amide bonds. The van der Waals surface area contributed by atoms with Gasteiger partial charge in [-0.1, -0.05) is 184 Å².